The Labute approximate surface area is 543 Å². The average Bonchev–Trinajstić information content (AvgIpc) is 1.69. The number of nitrogens with zero attached hydrogens (tertiary/aromatic N) is 8. The number of aliphatic hydroxyl groups is 2. The van der Waals surface area contributed by atoms with E-state index < -0.39 is 78.2 Å². The zero-order valence-corrected chi connectivity index (χ0v) is 53.5. The molecule has 24 nitrogen and oxygen atoms in total. The molecule has 2 fully saturated rings. The van der Waals surface area contributed by atoms with Crippen molar-refractivity contribution in [3.63, 3.8) is 0 Å². The van der Waals surface area contributed by atoms with E-state index in [1.807, 2.05) is 6.92 Å². The van der Waals surface area contributed by atoms with Gasteiger partial charge in [-0.15, -0.1) is 68.0 Å². The molecule has 0 spiro atoms. The van der Waals surface area contributed by atoms with Gasteiger partial charge in [0.1, 0.15) is 93.8 Å². The number of pyridine rings is 1. The Hall–Kier alpha value is -8.62. The lowest BCUT2D eigenvalue weighted by atomic mass is 9.86. The summed E-state index contributed by atoms with van der Waals surface area (Å²) in [6.45, 7) is 3.36. The molecule has 6 amide bonds. The number of phenolic OH excluding ortho intramolecular Hbond substituents is 1. The molecule has 2 aliphatic heterocycles. The molecule has 3 aliphatic rings. The molecule has 7 atom stereocenters. The molecule has 10 bridgehead atoms. The highest BCUT2D eigenvalue weighted by molar-refractivity contribution is 7.15. The fourth-order valence-corrected chi connectivity index (χ4v) is 16.5. The Morgan fingerprint density at radius 1 is 0.692 bits per heavy atom. The molecule has 2 aromatic carbocycles. The van der Waals surface area contributed by atoms with Gasteiger partial charge in [0.2, 0.25) is 11.8 Å². The number of aromatic nitrogens is 7. The van der Waals surface area contributed by atoms with Crippen LogP contribution in [0.3, 0.4) is 0 Å². The smallest absolute Gasteiger partial charge is 0.308 e. The lowest BCUT2D eigenvalue weighted by Gasteiger charge is -2.29. The second kappa shape index (κ2) is 26.7. The number of aryl methyl sites for hydroxylation is 1. The van der Waals surface area contributed by atoms with Crippen molar-refractivity contribution in [3.8, 4) is 49.1 Å². The topological polar surface area (TPSA) is 357 Å². The molecule has 7 aromatic heterocycles. The minimum Gasteiger partial charge on any atom is -0.508 e. The summed E-state index contributed by atoms with van der Waals surface area (Å²) in [6.07, 6.45) is -0.442. The maximum Gasteiger partial charge on any atom is 0.308 e. The number of hydrogen-bond acceptors (Lipinski definition) is 24. The van der Waals surface area contributed by atoms with Crippen LogP contribution >= 0.6 is 68.0 Å². The van der Waals surface area contributed by atoms with Gasteiger partial charge in [-0.25, -0.2) is 34.9 Å². The standard InChI is InChI=1S/C61H57N13O11S6/c1-27-43(76)21-74-48(27)59-71-42(26-90-59)56-67-38(22-87-56)46-34(17-18-35(64-46)55-69-39(24-88-55)50(79)63-32-13-11-31(12-14-32)61(84)85-3)54-68-40(23-86-54)51(80)65-36(20-44(62)77)57-73-45(28(2)91-57)53(82)72-47(49(78)30-7-5-4-6-8-30)58-70-41(25-89-58)52(81)66-37(60(74)83)19-29-9-15-33(75)16-10-29/h4-10,15-18,22-27,31-32,36-37,43,47-49,75-76,78H,11-14,19-21H2,1-3H3,(H2,62,77)(H,63,79)(H,65,80)(H,66,81)(H,72,82)/t27-,31-,32-,36-,37-,43-,47?,48-,49+/m0/s1. The molecule has 468 valence electrons. The van der Waals surface area contributed by atoms with Crippen molar-refractivity contribution in [2.24, 2.45) is 17.6 Å². The van der Waals surface area contributed by atoms with Crippen LogP contribution in [0.1, 0.15) is 136 Å². The molecule has 1 aliphatic carbocycles. The number of carbonyl (C=O) groups excluding carboxylic acids is 7. The van der Waals surface area contributed by atoms with Crippen LogP contribution in [0, 0.1) is 18.8 Å². The van der Waals surface area contributed by atoms with Crippen molar-refractivity contribution in [1.82, 2.24) is 61.1 Å². The largest absolute Gasteiger partial charge is 0.508 e. The summed E-state index contributed by atoms with van der Waals surface area (Å²) in [7, 11) is 1.37. The summed E-state index contributed by atoms with van der Waals surface area (Å²) in [4.78, 5) is 133. The zero-order valence-electron chi connectivity index (χ0n) is 48.6. The number of hydrogen-bond donors (Lipinski definition) is 8. The lowest BCUT2D eigenvalue weighted by Crippen LogP contribution is -2.50. The Morgan fingerprint density at radius 3 is 2.09 bits per heavy atom. The molecule has 91 heavy (non-hydrogen) atoms. The summed E-state index contributed by atoms with van der Waals surface area (Å²) in [5.41, 5.74) is 8.81. The molecular weight excluding hydrogens is 1280 g/mol. The first-order chi connectivity index (χ1) is 43.8. The summed E-state index contributed by atoms with van der Waals surface area (Å²) in [5.74, 6) is -4.86. The fourth-order valence-electron chi connectivity index (χ4n) is 11.2. The molecule has 9 N–H and O–H groups in total. The van der Waals surface area contributed by atoms with Crippen molar-refractivity contribution in [1.29, 1.82) is 0 Å². The SMILES string of the molecule is COC(=O)[C@H]1CC[C@H](NC(=O)c2csc(-c3ccc4c(n3)-c3csc(n3)-c3csc(n3)[C@@H]3[C@@H](C)[C@@H](O)CN3C(=O)[C@H](Cc3ccc(O)cc3)NC(=O)c3csc(n3)C([C@H](O)c3ccccc3)NC(=O)c3nc(sc3C)[C@H](CC(N)=O)NC(=O)c3csc-4n3)n2)CC1. The molecule has 1 saturated carbocycles. The zero-order chi connectivity index (χ0) is 63.8. The first-order valence-corrected chi connectivity index (χ1v) is 33.9. The minimum absolute atomic E-state index is 0.00545. The molecule has 30 heteroatoms. The normalized spacial score (nSPS) is 21.6. The van der Waals surface area contributed by atoms with Crippen LogP contribution < -0.4 is 27.0 Å². The van der Waals surface area contributed by atoms with E-state index in [1.54, 1.807) is 83.0 Å². The van der Waals surface area contributed by atoms with Gasteiger partial charge < -0.3 is 52.0 Å². The van der Waals surface area contributed by atoms with Crippen molar-refractivity contribution >= 4 is 109 Å². The predicted molar refractivity (Wildman–Crippen MR) is 341 cm³/mol. The number of primary amides is 1. The molecule has 1 unspecified atom stereocenters. The van der Waals surface area contributed by atoms with E-state index >= 15 is 4.79 Å². The number of esters is 1. The number of thiazole rings is 6. The average molecular weight is 1340 g/mol. The van der Waals surface area contributed by atoms with Gasteiger partial charge in [0.25, 0.3) is 23.6 Å². The highest BCUT2D eigenvalue weighted by Crippen LogP contribution is 2.43. The highest BCUT2D eigenvalue weighted by Gasteiger charge is 2.46. The van der Waals surface area contributed by atoms with Gasteiger partial charge in [-0.1, -0.05) is 49.4 Å². The second-order valence-corrected chi connectivity index (χ2v) is 27.7. The lowest BCUT2D eigenvalue weighted by molar-refractivity contribution is -0.146. The number of aromatic hydroxyl groups is 1. The van der Waals surface area contributed by atoms with Crippen molar-refractivity contribution in [2.45, 2.75) is 94.8 Å². The Balaban J connectivity index is 0.925. The van der Waals surface area contributed by atoms with E-state index in [-0.39, 0.29) is 75.3 Å². The fraction of sp³-hybridized carbons (Fsp3) is 0.311. The molecule has 1 saturated heterocycles. The Kier molecular flexibility index (Phi) is 18.3. The summed E-state index contributed by atoms with van der Waals surface area (Å²) >= 11 is 6.94. The maximum atomic E-state index is 15.2. The molecule has 9 aromatic rings. The highest BCUT2D eigenvalue weighted by atomic mass is 32.1. The quantitative estimate of drug-likeness (QED) is 0.0606. The third-order valence-corrected chi connectivity index (χ3v) is 21.6. The van der Waals surface area contributed by atoms with Crippen LogP contribution in [0.5, 0.6) is 5.75 Å². The van der Waals surface area contributed by atoms with E-state index in [2.05, 4.69) is 31.2 Å². The Bertz CT molecular complexity index is 4230. The monoisotopic (exact) mass is 1340 g/mol. The van der Waals surface area contributed by atoms with Gasteiger partial charge >= 0.3 is 5.97 Å². The van der Waals surface area contributed by atoms with Crippen molar-refractivity contribution in [3.05, 3.63) is 147 Å². The van der Waals surface area contributed by atoms with Gasteiger partial charge in [0.05, 0.1) is 43.3 Å². The first-order valence-electron chi connectivity index (χ1n) is 28.7. The number of nitrogens with one attached hydrogen (secondary N) is 4. The summed E-state index contributed by atoms with van der Waals surface area (Å²) in [6, 6.07) is 13.7. The Morgan fingerprint density at radius 2 is 1.34 bits per heavy atom. The van der Waals surface area contributed by atoms with E-state index in [0.29, 0.717) is 90.1 Å². The number of methoxy groups -OCH3 is 1. The molecule has 0 radical (unpaired) electrons. The van der Waals surface area contributed by atoms with Crippen LogP contribution in [0.15, 0.2) is 93.6 Å². The minimum atomic E-state index is -1.41. The van der Waals surface area contributed by atoms with Gasteiger partial charge in [-0.2, -0.15) is 0 Å². The van der Waals surface area contributed by atoms with Gasteiger partial charge in [0.15, 0.2) is 0 Å². The number of phenols is 1. The second-order valence-electron chi connectivity index (χ2n) is 22.1. The third-order valence-electron chi connectivity index (χ3n) is 16.0. The van der Waals surface area contributed by atoms with Crippen LogP contribution in [0.2, 0.25) is 0 Å². The maximum absolute atomic E-state index is 15.2. The van der Waals surface area contributed by atoms with Crippen LogP contribution in [0.4, 0.5) is 0 Å². The summed E-state index contributed by atoms with van der Waals surface area (Å²) in [5, 5.41) is 55.7. The van der Waals surface area contributed by atoms with E-state index in [9.17, 15) is 44.1 Å². The van der Waals surface area contributed by atoms with Crippen LogP contribution in [0.25, 0.3) is 43.4 Å². The summed E-state index contributed by atoms with van der Waals surface area (Å²) < 4.78 is 4.93. The number of amides is 6. The predicted octanol–water partition coefficient (Wildman–Crippen LogP) is 7.75. The number of ether oxygens (including phenoxy) is 1. The van der Waals surface area contributed by atoms with E-state index in [0.717, 1.165) is 34.0 Å². The van der Waals surface area contributed by atoms with Crippen molar-refractivity contribution < 1.29 is 53.6 Å². The van der Waals surface area contributed by atoms with Crippen LogP contribution in [-0.4, -0.2) is 128 Å². The molecule has 9 heterocycles. The third kappa shape index (κ3) is 13.4. The molecular formula is C61H57N13O11S6. The number of carbonyl (C=O) groups is 7. The van der Waals surface area contributed by atoms with Gasteiger partial charge in [0, 0.05) is 62.3 Å². The number of rotatable bonds is 10. The van der Waals surface area contributed by atoms with Crippen molar-refractivity contribution in [2.75, 3.05) is 13.7 Å². The molecule has 12 rings (SSSR count). The van der Waals surface area contributed by atoms with Crippen LogP contribution in [-0.2, 0) is 25.5 Å². The number of benzene rings is 2. The van der Waals surface area contributed by atoms with E-state index in [1.165, 1.54) is 63.5 Å². The van der Waals surface area contributed by atoms with Gasteiger partial charge in [-0.05, 0) is 68.0 Å². The number of nitrogens with two attached hydrogens (primary N) is 1. The van der Waals surface area contributed by atoms with E-state index in [4.69, 9.17) is 35.4 Å². The first kappa shape index (κ1) is 62.6. The van der Waals surface area contributed by atoms with Gasteiger partial charge in [-0.3, -0.25) is 33.6 Å². The number of fused-ring (bicyclic) bond motifs is 16. The number of aliphatic hydroxyl groups excluding tert-OH is 2.